The fourth-order valence-corrected chi connectivity index (χ4v) is 1.79. The molecule has 3 heteroatoms. The molecule has 0 saturated heterocycles. The summed E-state index contributed by atoms with van der Waals surface area (Å²) in [5.74, 6) is 1.42. The first-order valence-corrected chi connectivity index (χ1v) is 6.58. The molecule has 0 aliphatic carbocycles. The van der Waals surface area contributed by atoms with Crippen LogP contribution in [0.25, 0.3) is 0 Å². The zero-order chi connectivity index (χ0) is 12.8. The largest absolute Gasteiger partial charge is 0.493 e. The lowest BCUT2D eigenvalue weighted by atomic mass is 10.1. The molecule has 0 heterocycles. The number of hydrogen-bond acceptors (Lipinski definition) is 2. The van der Waals surface area contributed by atoms with Crippen molar-refractivity contribution in [3.63, 3.8) is 0 Å². The van der Waals surface area contributed by atoms with Crippen molar-refractivity contribution in [2.45, 2.75) is 39.7 Å². The smallest absolute Gasteiger partial charge is 0.124 e. The fourth-order valence-electron chi connectivity index (χ4n) is 1.54. The predicted molar refractivity (Wildman–Crippen MR) is 73.8 cm³/mol. The van der Waals surface area contributed by atoms with Crippen molar-refractivity contribution < 1.29 is 4.74 Å². The minimum atomic E-state index is 0.0841. The number of nitrogens with two attached hydrogens (primary N) is 1. The van der Waals surface area contributed by atoms with Gasteiger partial charge in [-0.05, 0) is 31.4 Å². The molecular formula is C14H22ClNO. The lowest BCUT2D eigenvalue weighted by Crippen LogP contribution is -2.19. The third kappa shape index (κ3) is 4.57. The third-order valence-corrected chi connectivity index (χ3v) is 3.18. The molecule has 0 aliphatic heterocycles. The Morgan fingerprint density at radius 3 is 2.65 bits per heavy atom. The van der Waals surface area contributed by atoms with Crippen molar-refractivity contribution in [2.24, 2.45) is 11.7 Å². The summed E-state index contributed by atoms with van der Waals surface area (Å²) < 4.78 is 5.83. The third-order valence-electron chi connectivity index (χ3n) is 2.82. The maximum Gasteiger partial charge on any atom is 0.124 e. The van der Waals surface area contributed by atoms with Crippen LogP contribution in [0, 0.1) is 5.92 Å². The zero-order valence-electron chi connectivity index (χ0n) is 10.9. The molecule has 2 nitrogen and oxygen atoms in total. The minimum Gasteiger partial charge on any atom is -0.493 e. The van der Waals surface area contributed by atoms with Gasteiger partial charge in [0.2, 0.25) is 0 Å². The molecule has 96 valence electrons. The van der Waals surface area contributed by atoms with Gasteiger partial charge >= 0.3 is 0 Å². The first kappa shape index (κ1) is 14.3. The van der Waals surface area contributed by atoms with Gasteiger partial charge in [0.05, 0.1) is 6.61 Å². The molecule has 0 aliphatic rings. The van der Waals surface area contributed by atoms with Gasteiger partial charge < -0.3 is 10.5 Å². The van der Waals surface area contributed by atoms with Crippen LogP contribution >= 0.6 is 11.6 Å². The first-order chi connectivity index (χ1) is 8.04. The van der Waals surface area contributed by atoms with Gasteiger partial charge in [-0.3, -0.25) is 0 Å². The van der Waals surface area contributed by atoms with Crippen molar-refractivity contribution in [1.82, 2.24) is 0 Å². The van der Waals surface area contributed by atoms with Crippen LogP contribution < -0.4 is 10.5 Å². The summed E-state index contributed by atoms with van der Waals surface area (Å²) in [5.41, 5.74) is 6.85. The highest BCUT2D eigenvalue weighted by atomic mass is 35.5. The van der Waals surface area contributed by atoms with E-state index in [0.717, 1.165) is 35.8 Å². The van der Waals surface area contributed by atoms with Crippen molar-refractivity contribution in [3.8, 4) is 5.75 Å². The molecule has 0 aromatic heterocycles. The number of rotatable bonds is 6. The molecule has 1 aromatic carbocycles. The average Bonchev–Trinajstić information content (AvgIpc) is 2.29. The maximum absolute atomic E-state index is 6.19. The second-order valence-corrected chi connectivity index (χ2v) is 5.13. The summed E-state index contributed by atoms with van der Waals surface area (Å²) in [7, 11) is 0. The van der Waals surface area contributed by atoms with Gasteiger partial charge in [0.15, 0.2) is 0 Å². The Balaban J connectivity index is 2.79. The minimum absolute atomic E-state index is 0.0841. The normalized spacial score (nSPS) is 14.4. The van der Waals surface area contributed by atoms with E-state index in [1.54, 1.807) is 0 Å². The van der Waals surface area contributed by atoms with Crippen molar-refractivity contribution >= 4 is 11.6 Å². The molecule has 0 spiro atoms. The number of hydrogen-bond donors (Lipinski definition) is 1. The number of benzene rings is 1. The van der Waals surface area contributed by atoms with Crippen molar-refractivity contribution in [1.29, 1.82) is 0 Å². The fraction of sp³-hybridized carbons (Fsp3) is 0.571. The van der Waals surface area contributed by atoms with E-state index in [1.165, 1.54) is 0 Å². The first-order valence-electron chi connectivity index (χ1n) is 6.20. The van der Waals surface area contributed by atoms with Gasteiger partial charge in [0.25, 0.3) is 0 Å². The van der Waals surface area contributed by atoms with Crippen LogP contribution in [0.1, 0.15) is 32.8 Å². The molecule has 2 N–H and O–H groups in total. The van der Waals surface area contributed by atoms with Crippen LogP contribution in [0.3, 0.4) is 0 Å². The van der Waals surface area contributed by atoms with Gasteiger partial charge in [-0.1, -0.05) is 37.9 Å². The van der Waals surface area contributed by atoms with E-state index < -0.39 is 0 Å². The van der Waals surface area contributed by atoms with Crippen molar-refractivity contribution in [2.75, 3.05) is 6.61 Å². The van der Waals surface area contributed by atoms with Crippen LogP contribution in [0.2, 0.25) is 5.02 Å². The molecule has 2 atom stereocenters. The van der Waals surface area contributed by atoms with E-state index in [-0.39, 0.29) is 6.04 Å². The highest BCUT2D eigenvalue weighted by Crippen LogP contribution is 2.28. The molecule has 0 amide bonds. The van der Waals surface area contributed by atoms with Gasteiger partial charge in [0, 0.05) is 16.6 Å². The summed E-state index contributed by atoms with van der Waals surface area (Å²) in [6.07, 6.45) is 1.86. The second kappa shape index (κ2) is 6.87. The lowest BCUT2D eigenvalue weighted by molar-refractivity contribution is 0.254. The quantitative estimate of drug-likeness (QED) is 0.842. The topological polar surface area (TPSA) is 35.2 Å². The summed E-state index contributed by atoms with van der Waals surface area (Å²) in [4.78, 5) is 0. The van der Waals surface area contributed by atoms with Crippen LogP contribution in [0.15, 0.2) is 18.2 Å². The SMILES string of the molecule is CCC(C)COc1cccc(Cl)c1CC(C)N. The Morgan fingerprint density at radius 2 is 2.06 bits per heavy atom. The predicted octanol–water partition coefficient (Wildman–Crippen LogP) is 3.65. The van der Waals surface area contributed by atoms with Gasteiger partial charge in [-0.2, -0.15) is 0 Å². The van der Waals surface area contributed by atoms with Crippen molar-refractivity contribution in [3.05, 3.63) is 28.8 Å². The van der Waals surface area contributed by atoms with E-state index in [4.69, 9.17) is 22.1 Å². The summed E-state index contributed by atoms with van der Waals surface area (Å²) >= 11 is 6.19. The van der Waals surface area contributed by atoms with E-state index in [1.807, 2.05) is 25.1 Å². The highest BCUT2D eigenvalue weighted by Gasteiger charge is 2.11. The Morgan fingerprint density at radius 1 is 1.35 bits per heavy atom. The molecule has 17 heavy (non-hydrogen) atoms. The zero-order valence-corrected chi connectivity index (χ0v) is 11.6. The Kier molecular flexibility index (Phi) is 5.79. The highest BCUT2D eigenvalue weighted by molar-refractivity contribution is 6.31. The Hall–Kier alpha value is -0.730. The van der Waals surface area contributed by atoms with Crippen LogP contribution in [-0.4, -0.2) is 12.6 Å². The van der Waals surface area contributed by atoms with Crippen LogP contribution in [0.5, 0.6) is 5.75 Å². The Labute approximate surface area is 109 Å². The summed E-state index contributed by atoms with van der Waals surface area (Å²) in [5, 5.41) is 0.740. The monoisotopic (exact) mass is 255 g/mol. The van der Waals surface area contributed by atoms with E-state index in [0.29, 0.717) is 5.92 Å². The lowest BCUT2D eigenvalue weighted by Gasteiger charge is -2.16. The number of halogens is 1. The van der Waals surface area contributed by atoms with Crippen LogP contribution in [-0.2, 0) is 6.42 Å². The molecule has 2 unspecified atom stereocenters. The molecule has 0 saturated carbocycles. The van der Waals surface area contributed by atoms with E-state index in [9.17, 15) is 0 Å². The van der Waals surface area contributed by atoms with E-state index in [2.05, 4.69) is 13.8 Å². The molecule has 1 rings (SSSR count). The summed E-state index contributed by atoms with van der Waals surface area (Å²) in [6.45, 7) is 7.04. The van der Waals surface area contributed by atoms with Gasteiger partial charge in [-0.25, -0.2) is 0 Å². The summed E-state index contributed by atoms with van der Waals surface area (Å²) in [6, 6.07) is 5.85. The molecule has 0 fully saturated rings. The maximum atomic E-state index is 6.19. The standard InChI is InChI=1S/C14H22ClNO/c1-4-10(2)9-17-14-7-5-6-13(15)12(14)8-11(3)16/h5-7,10-11H,4,8-9,16H2,1-3H3. The molecule has 0 bridgehead atoms. The Bertz CT molecular complexity index is 352. The molecule has 1 aromatic rings. The molecule has 0 radical (unpaired) electrons. The number of ether oxygens (including phenoxy) is 1. The molecular weight excluding hydrogens is 234 g/mol. The van der Waals surface area contributed by atoms with E-state index >= 15 is 0 Å². The van der Waals surface area contributed by atoms with Gasteiger partial charge in [-0.15, -0.1) is 0 Å². The second-order valence-electron chi connectivity index (χ2n) is 4.72. The van der Waals surface area contributed by atoms with Gasteiger partial charge in [0.1, 0.15) is 5.75 Å². The average molecular weight is 256 g/mol. The van der Waals surface area contributed by atoms with Crippen LogP contribution in [0.4, 0.5) is 0 Å².